The summed E-state index contributed by atoms with van der Waals surface area (Å²) in [6, 6.07) is 25.0. The second-order valence-corrected chi connectivity index (χ2v) is 10.3. The molecule has 0 aliphatic carbocycles. The Balaban J connectivity index is 1.45. The van der Waals surface area contributed by atoms with Crippen LogP contribution in [0.4, 0.5) is 13.2 Å². The summed E-state index contributed by atoms with van der Waals surface area (Å²) in [6.45, 7) is 0.483. The van der Waals surface area contributed by atoms with Crippen molar-refractivity contribution in [3.8, 4) is 22.4 Å². The van der Waals surface area contributed by atoms with Gasteiger partial charge >= 0.3 is 12.1 Å². The Hall–Kier alpha value is -4.07. The minimum absolute atomic E-state index is 0.409. The lowest BCUT2D eigenvalue weighted by molar-refractivity contribution is -0.137. The van der Waals surface area contributed by atoms with Crippen molar-refractivity contribution < 1.29 is 22.7 Å². The SMILES string of the molecule is COC(=O)c1ccc(Cn2cc(-c3ccc(Cl)cc3Cl)nc2Cc2ccc(-c3cccc(C(F)(F)F)c3)cc2)cc1. The Kier molecular flexibility index (Phi) is 8.20. The third-order valence-corrected chi connectivity index (χ3v) is 7.18. The zero-order chi connectivity index (χ0) is 29.1. The highest BCUT2D eigenvalue weighted by Gasteiger charge is 2.30. The molecular formula is C32H23Cl2F3N2O2. The third kappa shape index (κ3) is 6.64. The largest absolute Gasteiger partial charge is 0.465 e. The van der Waals surface area contributed by atoms with Crippen LogP contribution in [0.3, 0.4) is 0 Å². The number of imidazole rings is 1. The summed E-state index contributed by atoms with van der Waals surface area (Å²) in [5, 5.41) is 0.992. The molecule has 1 heterocycles. The van der Waals surface area contributed by atoms with Crippen LogP contribution in [-0.4, -0.2) is 22.6 Å². The van der Waals surface area contributed by atoms with Gasteiger partial charge in [0.1, 0.15) is 5.82 Å². The topological polar surface area (TPSA) is 44.1 Å². The van der Waals surface area contributed by atoms with Crippen molar-refractivity contribution in [2.45, 2.75) is 19.1 Å². The van der Waals surface area contributed by atoms with E-state index < -0.39 is 17.7 Å². The Morgan fingerprint density at radius 1 is 0.878 bits per heavy atom. The summed E-state index contributed by atoms with van der Waals surface area (Å²) < 4.78 is 46.3. The smallest absolute Gasteiger partial charge is 0.416 e. The molecular weight excluding hydrogens is 572 g/mol. The molecule has 4 nitrogen and oxygen atoms in total. The summed E-state index contributed by atoms with van der Waals surface area (Å²) >= 11 is 12.6. The van der Waals surface area contributed by atoms with Crippen LogP contribution in [0, 0.1) is 0 Å². The summed E-state index contributed by atoms with van der Waals surface area (Å²) in [6.07, 6.45) is -2.03. The van der Waals surface area contributed by atoms with Gasteiger partial charge in [0.25, 0.3) is 0 Å². The van der Waals surface area contributed by atoms with E-state index in [1.807, 2.05) is 41.1 Å². The first-order valence-electron chi connectivity index (χ1n) is 12.6. The van der Waals surface area contributed by atoms with E-state index in [1.54, 1.807) is 42.5 Å². The lowest BCUT2D eigenvalue weighted by atomic mass is 10.0. The summed E-state index contributed by atoms with van der Waals surface area (Å²) in [7, 11) is 1.34. The summed E-state index contributed by atoms with van der Waals surface area (Å²) in [5.74, 6) is 0.350. The fourth-order valence-electron chi connectivity index (χ4n) is 4.49. The van der Waals surface area contributed by atoms with E-state index in [2.05, 4.69) is 0 Å². The standard InChI is InChI=1S/C32H23Cl2F3N2O2/c1-41-31(40)23-11-7-21(8-12-23)18-39-19-29(27-14-13-26(33)17-28(27)34)38-30(39)15-20-5-9-22(10-6-20)24-3-2-4-25(16-24)32(35,36)37/h2-14,16-17,19H,15,18H2,1H3. The first-order valence-corrected chi connectivity index (χ1v) is 13.3. The zero-order valence-corrected chi connectivity index (χ0v) is 23.3. The van der Waals surface area contributed by atoms with Crippen molar-refractivity contribution in [3.05, 3.63) is 135 Å². The first kappa shape index (κ1) is 28.5. The molecule has 0 aliphatic heterocycles. The molecule has 0 aliphatic rings. The third-order valence-electron chi connectivity index (χ3n) is 6.63. The van der Waals surface area contributed by atoms with Gasteiger partial charge in [-0.25, -0.2) is 9.78 Å². The molecule has 5 rings (SSSR count). The predicted molar refractivity (Wildman–Crippen MR) is 154 cm³/mol. The highest BCUT2D eigenvalue weighted by atomic mass is 35.5. The maximum Gasteiger partial charge on any atom is 0.416 e. The summed E-state index contributed by atoms with van der Waals surface area (Å²) in [5.41, 5.74) is 4.23. The van der Waals surface area contributed by atoms with E-state index in [4.69, 9.17) is 32.9 Å². The van der Waals surface area contributed by atoms with Gasteiger partial charge < -0.3 is 9.30 Å². The van der Waals surface area contributed by atoms with Gasteiger partial charge in [0.05, 0.1) is 29.0 Å². The van der Waals surface area contributed by atoms with E-state index in [0.29, 0.717) is 45.4 Å². The molecule has 0 atom stereocenters. The molecule has 0 amide bonds. The van der Waals surface area contributed by atoms with Gasteiger partial charge in [-0.15, -0.1) is 0 Å². The second kappa shape index (κ2) is 11.8. The van der Waals surface area contributed by atoms with Gasteiger partial charge in [0.15, 0.2) is 0 Å². The number of halogens is 5. The van der Waals surface area contributed by atoms with Crippen LogP contribution in [-0.2, 0) is 23.9 Å². The number of carbonyl (C=O) groups is 1. The van der Waals surface area contributed by atoms with E-state index in [0.717, 1.165) is 34.6 Å². The number of hydrogen-bond donors (Lipinski definition) is 0. The Morgan fingerprint density at radius 2 is 1.59 bits per heavy atom. The van der Waals surface area contributed by atoms with Crippen LogP contribution >= 0.6 is 23.2 Å². The number of benzene rings is 4. The number of carbonyl (C=O) groups excluding carboxylic acids is 1. The van der Waals surface area contributed by atoms with E-state index in [1.165, 1.54) is 13.2 Å². The van der Waals surface area contributed by atoms with Crippen molar-refractivity contribution in [1.29, 1.82) is 0 Å². The van der Waals surface area contributed by atoms with Crippen molar-refractivity contribution >= 4 is 29.2 Å². The van der Waals surface area contributed by atoms with E-state index in [9.17, 15) is 18.0 Å². The average molecular weight is 595 g/mol. The van der Waals surface area contributed by atoms with Crippen molar-refractivity contribution in [3.63, 3.8) is 0 Å². The molecule has 0 unspecified atom stereocenters. The van der Waals surface area contributed by atoms with E-state index >= 15 is 0 Å². The normalized spacial score (nSPS) is 11.5. The number of methoxy groups -OCH3 is 1. The minimum Gasteiger partial charge on any atom is -0.465 e. The van der Waals surface area contributed by atoms with Gasteiger partial charge in [-0.05, 0) is 64.7 Å². The first-order chi connectivity index (χ1) is 19.6. The van der Waals surface area contributed by atoms with Gasteiger partial charge in [-0.1, -0.05) is 71.7 Å². The number of alkyl halides is 3. The predicted octanol–water partition coefficient (Wildman–Crippen LogP) is 8.97. The average Bonchev–Trinajstić information content (AvgIpc) is 3.34. The fourth-order valence-corrected chi connectivity index (χ4v) is 5.00. The maximum absolute atomic E-state index is 13.2. The van der Waals surface area contributed by atoms with Gasteiger partial charge in [0, 0.05) is 29.7 Å². The fraction of sp³-hybridized carbons (Fsp3) is 0.125. The molecule has 0 N–H and O–H groups in total. The number of nitrogens with zero attached hydrogens (tertiary/aromatic N) is 2. The number of esters is 1. The Labute approximate surface area is 245 Å². The van der Waals surface area contributed by atoms with Crippen LogP contribution in [0.2, 0.25) is 10.0 Å². The number of aromatic nitrogens is 2. The van der Waals surface area contributed by atoms with Crippen molar-refractivity contribution in [2.75, 3.05) is 7.11 Å². The van der Waals surface area contributed by atoms with Crippen LogP contribution in [0.5, 0.6) is 0 Å². The Morgan fingerprint density at radius 3 is 2.24 bits per heavy atom. The molecule has 0 spiro atoms. The molecule has 0 saturated carbocycles. The van der Waals surface area contributed by atoms with Crippen LogP contribution in [0.25, 0.3) is 22.4 Å². The van der Waals surface area contributed by atoms with E-state index in [-0.39, 0.29) is 0 Å². The zero-order valence-electron chi connectivity index (χ0n) is 21.8. The number of ether oxygens (including phenoxy) is 1. The second-order valence-electron chi connectivity index (χ2n) is 9.44. The molecule has 0 fully saturated rings. The monoisotopic (exact) mass is 594 g/mol. The molecule has 9 heteroatoms. The highest BCUT2D eigenvalue weighted by Crippen LogP contribution is 2.33. The molecule has 208 valence electrons. The lowest BCUT2D eigenvalue weighted by Gasteiger charge is -2.10. The molecule has 1 aromatic heterocycles. The molecule has 0 radical (unpaired) electrons. The van der Waals surface area contributed by atoms with Crippen molar-refractivity contribution in [2.24, 2.45) is 0 Å². The molecule has 41 heavy (non-hydrogen) atoms. The quantitative estimate of drug-likeness (QED) is 0.177. The van der Waals surface area contributed by atoms with Gasteiger partial charge in [-0.2, -0.15) is 13.2 Å². The van der Waals surface area contributed by atoms with Gasteiger partial charge in [-0.3, -0.25) is 0 Å². The maximum atomic E-state index is 13.2. The van der Waals surface area contributed by atoms with Crippen molar-refractivity contribution in [1.82, 2.24) is 9.55 Å². The minimum atomic E-state index is -4.41. The lowest BCUT2D eigenvalue weighted by Crippen LogP contribution is -2.06. The van der Waals surface area contributed by atoms with Crippen LogP contribution in [0.15, 0.2) is 97.2 Å². The number of rotatable bonds is 7. The Bertz CT molecular complexity index is 1700. The molecule has 5 aromatic rings. The number of hydrogen-bond acceptors (Lipinski definition) is 3. The van der Waals surface area contributed by atoms with Gasteiger partial charge in [0.2, 0.25) is 0 Å². The van der Waals surface area contributed by atoms with Crippen LogP contribution in [0.1, 0.15) is 32.9 Å². The summed E-state index contributed by atoms with van der Waals surface area (Å²) in [4.78, 5) is 16.7. The highest BCUT2D eigenvalue weighted by molar-refractivity contribution is 6.36. The van der Waals surface area contributed by atoms with Crippen LogP contribution < -0.4 is 0 Å². The molecule has 0 bridgehead atoms. The molecule has 4 aromatic carbocycles. The molecule has 0 saturated heterocycles.